The monoisotopic (exact) mass is 334 g/mol. The molecule has 0 amide bonds. The molecule has 1 heterocycles. The summed E-state index contributed by atoms with van der Waals surface area (Å²) in [4.78, 5) is 21.3. The lowest BCUT2D eigenvalue weighted by molar-refractivity contribution is 0.0939. The Bertz CT molecular complexity index is 581. The summed E-state index contributed by atoms with van der Waals surface area (Å²) in [5.41, 5.74) is 0.353. The van der Waals surface area contributed by atoms with Gasteiger partial charge in [0.25, 0.3) is 0 Å². The second-order valence-electron chi connectivity index (χ2n) is 8.01. The van der Waals surface area contributed by atoms with Crippen LogP contribution in [0.5, 0.6) is 0 Å². The molecule has 0 bridgehead atoms. The van der Waals surface area contributed by atoms with Crippen LogP contribution >= 0.6 is 0 Å². The van der Waals surface area contributed by atoms with Gasteiger partial charge in [0, 0.05) is 23.7 Å². The Morgan fingerprint density at radius 3 is 2.62 bits per heavy atom. The van der Waals surface area contributed by atoms with Crippen LogP contribution in [-0.2, 0) is 0 Å². The Labute approximate surface area is 144 Å². The van der Waals surface area contributed by atoms with Crippen molar-refractivity contribution >= 4 is 17.5 Å². The van der Waals surface area contributed by atoms with Gasteiger partial charge in [-0.1, -0.05) is 13.8 Å². The van der Waals surface area contributed by atoms with Crippen LogP contribution in [0.1, 0.15) is 70.7 Å². The smallest absolute Gasteiger partial charge is 0.225 e. The highest BCUT2D eigenvalue weighted by Crippen LogP contribution is 2.25. The lowest BCUT2D eigenvalue weighted by atomic mass is 9.92. The number of nitrogens with one attached hydrogen (secondary N) is 2. The molecule has 2 atom stereocenters. The Morgan fingerprint density at radius 1 is 1.33 bits per heavy atom. The van der Waals surface area contributed by atoms with Gasteiger partial charge in [-0.15, -0.1) is 0 Å². The van der Waals surface area contributed by atoms with E-state index >= 15 is 0 Å². The number of rotatable bonds is 5. The van der Waals surface area contributed by atoms with E-state index in [1.165, 1.54) is 0 Å². The fraction of sp³-hybridized carbons (Fsp3) is 0.722. The van der Waals surface area contributed by atoms with Crippen LogP contribution in [0.25, 0.3) is 0 Å². The summed E-state index contributed by atoms with van der Waals surface area (Å²) in [5.74, 6) is 0.972. The summed E-state index contributed by atoms with van der Waals surface area (Å²) in [5, 5.41) is 16.5. The summed E-state index contributed by atoms with van der Waals surface area (Å²) in [6.07, 6.45) is 4.79. The van der Waals surface area contributed by atoms with Crippen molar-refractivity contribution < 1.29 is 9.90 Å². The first-order valence-electron chi connectivity index (χ1n) is 8.80. The molecular formula is C18H30N4O2. The molecule has 3 N–H and O–H groups in total. The second-order valence-corrected chi connectivity index (χ2v) is 8.01. The zero-order valence-corrected chi connectivity index (χ0v) is 15.4. The Hall–Kier alpha value is -1.69. The van der Waals surface area contributed by atoms with Crippen LogP contribution in [0.3, 0.4) is 0 Å². The first kappa shape index (κ1) is 18.6. The molecular weight excluding hydrogens is 304 g/mol. The van der Waals surface area contributed by atoms with Gasteiger partial charge in [-0.25, -0.2) is 4.98 Å². The van der Waals surface area contributed by atoms with Gasteiger partial charge in [-0.05, 0) is 46.5 Å². The number of aliphatic hydroxyl groups is 1. The van der Waals surface area contributed by atoms with Crippen molar-refractivity contribution in [2.45, 2.75) is 78.0 Å². The van der Waals surface area contributed by atoms with Gasteiger partial charge < -0.3 is 15.7 Å². The summed E-state index contributed by atoms with van der Waals surface area (Å²) in [6, 6.07) is 0.129. The van der Waals surface area contributed by atoms with Gasteiger partial charge in [-0.3, -0.25) is 4.79 Å². The number of carbonyl (C=O) groups is 1. The highest BCUT2D eigenvalue weighted by molar-refractivity contribution is 6.01. The van der Waals surface area contributed by atoms with Crippen molar-refractivity contribution in [1.82, 2.24) is 9.97 Å². The van der Waals surface area contributed by atoms with Crippen molar-refractivity contribution in [3.63, 3.8) is 0 Å². The van der Waals surface area contributed by atoms with E-state index in [2.05, 4.69) is 20.6 Å². The molecule has 1 fully saturated rings. The van der Waals surface area contributed by atoms with Crippen LogP contribution in [0.2, 0.25) is 0 Å². The highest BCUT2D eigenvalue weighted by atomic mass is 16.3. The summed E-state index contributed by atoms with van der Waals surface area (Å²) < 4.78 is 0. The third-order valence-corrected chi connectivity index (χ3v) is 4.05. The topological polar surface area (TPSA) is 87.1 Å². The number of carbonyl (C=O) groups excluding carboxylic acids is 1. The van der Waals surface area contributed by atoms with Crippen molar-refractivity contribution in [3.8, 4) is 0 Å². The number of hydrogen-bond acceptors (Lipinski definition) is 6. The van der Waals surface area contributed by atoms with Gasteiger partial charge in [0.15, 0.2) is 5.78 Å². The van der Waals surface area contributed by atoms with Crippen molar-refractivity contribution in [1.29, 1.82) is 0 Å². The molecule has 6 nitrogen and oxygen atoms in total. The lowest BCUT2D eigenvalue weighted by Crippen LogP contribution is -2.32. The van der Waals surface area contributed by atoms with Crippen LogP contribution in [-0.4, -0.2) is 38.5 Å². The SMILES string of the molecule is CC(C)C(=O)c1cnc(NC(C)(C)C)nc1NC1CCCC(O)C1. The molecule has 1 aromatic rings. The van der Waals surface area contributed by atoms with Gasteiger partial charge in [0.05, 0.1) is 11.7 Å². The van der Waals surface area contributed by atoms with Crippen LogP contribution in [0, 0.1) is 5.92 Å². The standard InChI is InChI=1S/C18H30N4O2/c1-11(2)15(24)14-10-19-17(22-18(3,4)5)21-16(14)20-12-7-6-8-13(23)9-12/h10-13,23H,6-9H2,1-5H3,(H2,19,20,21,22). The lowest BCUT2D eigenvalue weighted by Gasteiger charge is -2.28. The number of nitrogens with zero attached hydrogens (tertiary/aromatic N) is 2. The molecule has 1 aromatic heterocycles. The maximum atomic E-state index is 12.5. The normalized spacial score (nSPS) is 21.6. The zero-order valence-electron chi connectivity index (χ0n) is 15.4. The number of anilines is 2. The quantitative estimate of drug-likeness (QED) is 0.717. The number of aliphatic hydroxyl groups excluding tert-OH is 1. The van der Waals surface area contributed by atoms with Crippen molar-refractivity contribution in [2.75, 3.05) is 10.6 Å². The van der Waals surface area contributed by atoms with E-state index in [-0.39, 0.29) is 29.4 Å². The minimum absolute atomic E-state index is 0.0242. The molecule has 1 saturated carbocycles. The van der Waals surface area contributed by atoms with E-state index in [1.54, 1.807) is 6.20 Å². The predicted octanol–water partition coefficient (Wildman–Crippen LogP) is 3.24. The van der Waals surface area contributed by atoms with Crippen molar-refractivity contribution in [2.24, 2.45) is 5.92 Å². The van der Waals surface area contributed by atoms with Crippen LogP contribution in [0.15, 0.2) is 6.20 Å². The average Bonchev–Trinajstić information content (AvgIpc) is 2.45. The first-order chi connectivity index (χ1) is 11.2. The van der Waals surface area contributed by atoms with Gasteiger partial charge in [0.1, 0.15) is 5.82 Å². The molecule has 1 aliphatic carbocycles. The number of Topliss-reactive ketones (excluding diaryl/α,β-unsaturated/α-hetero) is 1. The molecule has 2 rings (SSSR count). The third kappa shape index (κ3) is 5.16. The van der Waals surface area contributed by atoms with E-state index in [1.807, 2.05) is 34.6 Å². The molecule has 134 valence electrons. The molecule has 0 aliphatic heterocycles. The number of hydrogen-bond donors (Lipinski definition) is 3. The predicted molar refractivity (Wildman–Crippen MR) is 96.5 cm³/mol. The minimum atomic E-state index is -0.283. The maximum Gasteiger partial charge on any atom is 0.225 e. The van der Waals surface area contributed by atoms with E-state index in [4.69, 9.17) is 0 Å². The Morgan fingerprint density at radius 2 is 2.04 bits per heavy atom. The minimum Gasteiger partial charge on any atom is -0.393 e. The molecule has 6 heteroatoms. The van der Waals surface area contributed by atoms with Gasteiger partial charge in [0.2, 0.25) is 5.95 Å². The van der Waals surface area contributed by atoms with E-state index in [0.29, 0.717) is 23.8 Å². The summed E-state index contributed by atoms with van der Waals surface area (Å²) >= 11 is 0. The number of ketones is 1. The third-order valence-electron chi connectivity index (χ3n) is 4.05. The van der Waals surface area contributed by atoms with E-state index in [0.717, 1.165) is 19.3 Å². The fourth-order valence-electron chi connectivity index (χ4n) is 2.87. The fourth-order valence-corrected chi connectivity index (χ4v) is 2.87. The molecule has 2 unspecified atom stereocenters. The summed E-state index contributed by atoms with van der Waals surface area (Å²) in [7, 11) is 0. The molecule has 0 spiro atoms. The van der Waals surface area contributed by atoms with Crippen molar-refractivity contribution in [3.05, 3.63) is 11.8 Å². The maximum absolute atomic E-state index is 12.5. The summed E-state index contributed by atoms with van der Waals surface area (Å²) in [6.45, 7) is 9.85. The molecule has 0 saturated heterocycles. The molecule has 1 aliphatic rings. The van der Waals surface area contributed by atoms with E-state index < -0.39 is 0 Å². The Kier molecular flexibility index (Phi) is 5.80. The highest BCUT2D eigenvalue weighted by Gasteiger charge is 2.24. The molecule has 0 aromatic carbocycles. The number of aromatic nitrogens is 2. The van der Waals surface area contributed by atoms with E-state index in [9.17, 15) is 9.90 Å². The molecule has 0 radical (unpaired) electrons. The van der Waals surface area contributed by atoms with Gasteiger partial charge >= 0.3 is 0 Å². The zero-order chi connectivity index (χ0) is 17.9. The average molecular weight is 334 g/mol. The van der Waals surface area contributed by atoms with Crippen LogP contribution in [0.4, 0.5) is 11.8 Å². The molecule has 24 heavy (non-hydrogen) atoms. The second kappa shape index (κ2) is 7.47. The van der Waals surface area contributed by atoms with Crippen LogP contribution < -0.4 is 10.6 Å². The first-order valence-corrected chi connectivity index (χ1v) is 8.80. The van der Waals surface area contributed by atoms with Gasteiger partial charge in [-0.2, -0.15) is 4.98 Å². The Balaban J connectivity index is 2.28. The largest absolute Gasteiger partial charge is 0.393 e.